The van der Waals surface area contributed by atoms with Gasteiger partial charge in [0.25, 0.3) is 0 Å². The summed E-state index contributed by atoms with van der Waals surface area (Å²) in [4.78, 5) is 17.3. The maximum atomic E-state index is 11.1. The van der Waals surface area contributed by atoms with Crippen LogP contribution in [0.4, 0.5) is 5.69 Å². The van der Waals surface area contributed by atoms with Crippen molar-refractivity contribution in [2.24, 2.45) is 5.73 Å². The predicted molar refractivity (Wildman–Crippen MR) is 64.1 cm³/mol. The average molecular weight is 222 g/mol. The van der Waals surface area contributed by atoms with Crippen LogP contribution in [0.15, 0.2) is 18.3 Å². The molecule has 1 rings (SSSR count). The van der Waals surface area contributed by atoms with Crippen LogP contribution in [-0.4, -0.2) is 31.5 Å². The van der Waals surface area contributed by atoms with Gasteiger partial charge in [-0.15, -0.1) is 0 Å². The molecular formula is C11H18N4O. The van der Waals surface area contributed by atoms with Crippen molar-refractivity contribution in [2.45, 2.75) is 13.0 Å². The number of nitrogens with two attached hydrogens (primary N) is 1. The lowest BCUT2D eigenvalue weighted by molar-refractivity contribution is -0.120. The van der Waals surface area contributed by atoms with Gasteiger partial charge in [0, 0.05) is 33.6 Å². The maximum absolute atomic E-state index is 11.1. The number of hydrogen-bond acceptors (Lipinski definition) is 4. The molecule has 0 spiro atoms. The second-order valence-electron chi connectivity index (χ2n) is 3.56. The summed E-state index contributed by atoms with van der Waals surface area (Å²) in [7, 11) is 3.57. The van der Waals surface area contributed by atoms with Crippen molar-refractivity contribution in [3.05, 3.63) is 24.0 Å². The van der Waals surface area contributed by atoms with E-state index in [1.165, 1.54) is 0 Å². The van der Waals surface area contributed by atoms with Crippen LogP contribution in [0, 0.1) is 0 Å². The summed E-state index contributed by atoms with van der Waals surface area (Å²) in [6.07, 6.45) is 2.25. The van der Waals surface area contributed by atoms with Crippen molar-refractivity contribution in [3.63, 3.8) is 0 Å². The number of hydrogen-bond donors (Lipinski definition) is 2. The van der Waals surface area contributed by atoms with Crippen LogP contribution in [0.25, 0.3) is 0 Å². The Morgan fingerprint density at radius 1 is 1.56 bits per heavy atom. The average Bonchev–Trinajstić information content (AvgIpc) is 2.35. The highest BCUT2D eigenvalue weighted by Gasteiger charge is 2.04. The first-order valence-electron chi connectivity index (χ1n) is 5.24. The van der Waals surface area contributed by atoms with E-state index in [-0.39, 0.29) is 5.91 Å². The van der Waals surface area contributed by atoms with Crippen molar-refractivity contribution in [2.75, 3.05) is 25.5 Å². The third-order valence-corrected chi connectivity index (χ3v) is 2.41. The molecule has 5 heteroatoms. The highest BCUT2D eigenvalue weighted by atomic mass is 16.1. The van der Waals surface area contributed by atoms with Gasteiger partial charge >= 0.3 is 0 Å². The summed E-state index contributed by atoms with van der Waals surface area (Å²) in [6, 6.07) is 3.85. The topological polar surface area (TPSA) is 71.2 Å². The molecular weight excluding hydrogens is 204 g/mol. The molecule has 16 heavy (non-hydrogen) atoms. The molecule has 0 aromatic carbocycles. The Kier molecular flexibility index (Phi) is 4.72. The lowest BCUT2D eigenvalue weighted by Crippen LogP contribution is -2.26. The third-order valence-electron chi connectivity index (χ3n) is 2.41. The van der Waals surface area contributed by atoms with E-state index in [9.17, 15) is 4.79 Å². The minimum absolute atomic E-state index is 0.0402. The number of aromatic nitrogens is 1. The fraction of sp³-hybridized carbons (Fsp3) is 0.455. The molecule has 0 saturated heterocycles. The first-order chi connectivity index (χ1) is 7.67. The number of pyridine rings is 1. The van der Waals surface area contributed by atoms with Crippen molar-refractivity contribution in [3.8, 4) is 0 Å². The third kappa shape index (κ3) is 3.51. The monoisotopic (exact) mass is 222 g/mol. The second kappa shape index (κ2) is 6.07. The van der Waals surface area contributed by atoms with E-state index in [2.05, 4.69) is 10.3 Å². The van der Waals surface area contributed by atoms with Crippen molar-refractivity contribution in [1.82, 2.24) is 10.3 Å². The highest BCUT2D eigenvalue weighted by molar-refractivity contribution is 5.76. The summed E-state index contributed by atoms with van der Waals surface area (Å²) in [6.45, 7) is 1.12. The van der Waals surface area contributed by atoms with E-state index in [1.54, 1.807) is 13.2 Å². The largest absolute Gasteiger partial charge is 0.373 e. The van der Waals surface area contributed by atoms with Gasteiger partial charge in [-0.05, 0) is 12.1 Å². The molecule has 1 aromatic heterocycles. The molecule has 1 amide bonds. The van der Waals surface area contributed by atoms with Crippen LogP contribution in [0.2, 0.25) is 0 Å². The van der Waals surface area contributed by atoms with Gasteiger partial charge in [0.15, 0.2) is 0 Å². The van der Waals surface area contributed by atoms with Gasteiger partial charge in [0.1, 0.15) is 0 Å². The molecule has 0 saturated carbocycles. The molecule has 88 valence electrons. The van der Waals surface area contributed by atoms with E-state index in [0.29, 0.717) is 19.5 Å². The molecule has 5 nitrogen and oxygen atoms in total. The number of nitrogens with one attached hydrogen (secondary N) is 1. The molecule has 0 unspecified atom stereocenters. The molecule has 0 aliphatic heterocycles. The molecule has 0 bridgehead atoms. The fourth-order valence-electron chi connectivity index (χ4n) is 1.29. The van der Waals surface area contributed by atoms with E-state index in [0.717, 1.165) is 11.4 Å². The van der Waals surface area contributed by atoms with Gasteiger partial charge in [-0.2, -0.15) is 0 Å². The van der Waals surface area contributed by atoms with Gasteiger partial charge < -0.3 is 16.0 Å². The van der Waals surface area contributed by atoms with Crippen molar-refractivity contribution < 1.29 is 4.79 Å². The Morgan fingerprint density at radius 2 is 2.31 bits per heavy atom. The zero-order valence-electron chi connectivity index (χ0n) is 9.73. The Morgan fingerprint density at radius 3 is 2.81 bits per heavy atom. The number of anilines is 1. The number of carbonyl (C=O) groups is 1. The lowest BCUT2D eigenvalue weighted by Gasteiger charge is -2.18. The van der Waals surface area contributed by atoms with Gasteiger partial charge in [0.05, 0.1) is 17.6 Å². The maximum Gasteiger partial charge on any atom is 0.221 e. The smallest absolute Gasteiger partial charge is 0.221 e. The van der Waals surface area contributed by atoms with E-state index >= 15 is 0 Å². The lowest BCUT2D eigenvalue weighted by atomic mass is 10.3. The van der Waals surface area contributed by atoms with Crippen LogP contribution < -0.4 is 16.0 Å². The number of carbonyl (C=O) groups excluding carboxylic acids is 1. The van der Waals surface area contributed by atoms with Crippen LogP contribution >= 0.6 is 0 Å². The quantitative estimate of drug-likeness (QED) is 0.742. The normalized spacial score (nSPS) is 9.94. The Labute approximate surface area is 95.7 Å². The summed E-state index contributed by atoms with van der Waals surface area (Å²) < 4.78 is 0. The van der Waals surface area contributed by atoms with Crippen LogP contribution in [0.1, 0.15) is 12.1 Å². The van der Waals surface area contributed by atoms with Gasteiger partial charge in [-0.1, -0.05) is 0 Å². The minimum atomic E-state index is 0.0402. The molecule has 0 radical (unpaired) electrons. The SMILES string of the molecule is CNC(=O)CCN(C)c1ccc(CN)nc1. The Hall–Kier alpha value is -1.62. The Balaban J connectivity index is 2.52. The molecule has 1 aromatic rings. The predicted octanol–water partition coefficient (Wildman–Crippen LogP) is 0.113. The number of nitrogens with zero attached hydrogens (tertiary/aromatic N) is 2. The van der Waals surface area contributed by atoms with E-state index in [1.807, 2.05) is 24.1 Å². The number of rotatable bonds is 5. The summed E-state index contributed by atoms with van der Waals surface area (Å²) in [5.41, 5.74) is 7.31. The molecule has 0 fully saturated rings. The molecule has 0 aliphatic rings. The molecule has 0 aliphatic carbocycles. The Bertz CT molecular complexity index is 336. The minimum Gasteiger partial charge on any atom is -0.373 e. The van der Waals surface area contributed by atoms with Crippen molar-refractivity contribution in [1.29, 1.82) is 0 Å². The van der Waals surface area contributed by atoms with Gasteiger partial charge in [-0.3, -0.25) is 9.78 Å². The van der Waals surface area contributed by atoms with E-state index < -0.39 is 0 Å². The second-order valence-corrected chi connectivity index (χ2v) is 3.56. The zero-order chi connectivity index (χ0) is 12.0. The summed E-state index contributed by atoms with van der Waals surface area (Å²) in [5, 5.41) is 2.59. The van der Waals surface area contributed by atoms with Crippen LogP contribution in [0.5, 0.6) is 0 Å². The first-order valence-corrected chi connectivity index (χ1v) is 5.24. The van der Waals surface area contributed by atoms with Crippen LogP contribution in [-0.2, 0) is 11.3 Å². The van der Waals surface area contributed by atoms with Gasteiger partial charge in [0.2, 0.25) is 5.91 Å². The van der Waals surface area contributed by atoms with Crippen molar-refractivity contribution >= 4 is 11.6 Å². The standard InChI is InChI=1S/C11H18N4O/c1-13-11(16)5-6-15(2)10-4-3-9(7-12)14-8-10/h3-4,8H,5-7,12H2,1-2H3,(H,13,16). The number of amides is 1. The molecule has 1 heterocycles. The molecule has 0 atom stereocenters. The fourth-order valence-corrected chi connectivity index (χ4v) is 1.29. The highest BCUT2D eigenvalue weighted by Crippen LogP contribution is 2.11. The summed E-state index contributed by atoms with van der Waals surface area (Å²) in [5.74, 6) is 0.0402. The summed E-state index contributed by atoms with van der Waals surface area (Å²) >= 11 is 0. The van der Waals surface area contributed by atoms with E-state index in [4.69, 9.17) is 5.73 Å². The first kappa shape index (κ1) is 12.4. The molecule has 3 N–H and O–H groups in total. The zero-order valence-corrected chi connectivity index (χ0v) is 9.73. The van der Waals surface area contributed by atoms with Gasteiger partial charge in [-0.25, -0.2) is 0 Å². The van der Waals surface area contributed by atoms with Crippen LogP contribution in [0.3, 0.4) is 0 Å².